The van der Waals surface area contributed by atoms with Gasteiger partial charge in [0.05, 0.1) is 0 Å². The number of hydrogen-bond acceptors (Lipinski definition) is 3. The van der Waals surface area contributed by atoms with E-state index >= 15 is 0 Å². The van der Waals surface area contributed by atoms with Gasteiger partial charge in [-0.1, -0.05) is 6.92 Å². The normalized spacial score (nSPS) is 25.6. The van der Waals surface area contributed by atoms with Gasteiger partial charge in [0.2, 0.25) is 0 Å². The molecule has 0 heterocycles. The summed E-state index contributed by atoms with van der Waals surface area (Å²) in [6.07, 6.45) is 5.00. The summed E-state index contributed by atoms with van der Waals surface area (Å²) in [6, 6.07) is 0.123. The van der Waals surface area contributed by atoms with Gasteiger partial charge in [-0.05, 0) is 51.6 Å². The van der Waals surface area contributed by atoms with E-state index < -0.39 is 10.2 Å². The first-order valence-electron chi connectivity index (χ1n) is 6.84. The van der Waals surface area contributed by atoms with Gasteiger partial charge in [-0.2, -0.15) is 17.4 Å². The summed E-state index contributed by atoms with van der Waals surface area (Å²) >= 11 is 0. The van der Waals surface area contributed by atoms with E-state index in [2.05, 4.69) is 17.0 Å². The van der Waals surface area contributed by atoms with Crippen molar-refractivity contribution in [2.24, 2.45) is 5.92 Å². The van der Waals surface area contributed by atoms with Crippen molar-refractivity contribution in [3.05, 3.63) is 0 Å². The molecule has 0 aromatic carbocycles. The second-order valence-corrected chi connectivity index (χ2v) is 7.17. The average Bonchev–Trinajstić information content (AvgIpc) is 2.32. The lowest BCUT2D eigenvalue weighted by Crippen LogP contribution is -2.45. The first-order chi connectivity index (χ1) is 8.45. The SMILES string of the molecule is CNCCCN(C)S(=O)(=O)NC1CCC(C)CC1. The standard InChI is InChI=1S/C12H27N3O2S/c1-11-5-7-12(8-6-11)14-18(16,17)15(3)10-4-9-13-2/h11-14H,4-10H2,1-3H3. The molecule has 1 aliphatic rings. The van der Waals surface area contributed by atoms with Crippen LogP contribution in [-0.4, -0.2) is 45.9 Å². The lowest BCUT2D eigenvalue weighted by molar-refractivity contribution is 0.325. The van der Waals surface area contributed by atoms with Crippen molar-refractivity contribution < 1.29 is 8.42 Å². The Morgan fingerprint density at radius 1 is 1.22 bits per heavy atom. The van der Waals surface area contributed by atoms with Crippen LogP contribution in [0.1, 0.15) is 39.0 Å². The molecule has 0 unspecified atom stereocenters. The third-order valence-corrected chi connectivity index (χ3v) is 5.28. The quantitative estimate of drug-likeness (QED) is 0.681. The molecule has 1 fully saturated rings. The summed E-state index contributed by atoms with van der Waals surface area (Å²) < 4.78 is 28.4. The molecule has 2 N–H and O–H groups in total. The fourth-order valence-corrected chi connectivity index (χ4v) is 3.48. The maximum Gasteiger partial charge on any atom is 0.279 e. The molecule has 108 valence electrons. The van der Waals surface area contributed by atoms with Gasteiger partial charge in [-0.25, -0.2) is 0 Å². The lowest BCUT2D eigenvalue weighted by atomic mass is 9.88. The number of nitrogens with one attached hydrogen (secondary N) is 2. The highest BCUT2D eigenvalue weighted by Gasteiger charge is 2.25. The molecule has 0 aliphatic heterocycles. The molecule has 0 spiro atoms. The van der Waals surface area contributed by atoms with Gasteiger partial charge in [-0.15, -0.1) is 0 Å². The van der Waals surface area contributed by atoms with Gasteiger partial charge in [0, 0.05) is 19.6 Å². The molecule has 5 nitrogen and oxygen atoms in total. The summed E-state index contributed by atoms with van der Waals surface area (Å²) in [4.78, 5) is 0. The Morgan fingerprint density at radius 3 is 2.39 bits per heavy atom. The van der Waals surface area contributed by atoms with Crippen LogP contribution in [0, 0.1) is 5.92 Å². The molecule has 18 heavy (non-hydrogen) atoms. The van der Waals surface area contributed by atoms with Gasteiger partial charge in [0.1, 0.15) is 0 Å². The Labute approximate surface area is 112 Å². The van der Waals surface area contributed by atoms with Crippen molar-refractivity contribution in [2.45, 2.75) is 45.1 Å². The molecular weight excluding hydrogens is 250 g/mol. The Kier molecular flexibility index (Phi) is 6.55. The van der Waals surface area contributed by atoms with E-state index in [1.54, 1.807) is 7.05 Å². The molecule has 0 radical (unpaired) electrons. The molecule has 0 atom stereocenters. The van der Waals surface area contributed by atoms with Gasteiger partial charge in [0.25, 0.3) is 10.2 Å². The highest BCUT2D eigenvalue weighted by Crippen LogP contribution is 2.24. The molecule has 0 aromatic rings. The second-order valence-electron chi connectivity index (χ2n) is 5.36. The number of nitrogens with zero attached hydrogens (tertiary/aromatic N) is 1. The Morgan fingerprint density at radius 2 is 1.83 bits per heavy atom. The van der Waals surface area contributed by atoms with Crippen molar-refractivity contribution in [3.63, 3.8) is 0 Å². The van der Waals surface area contributed by atoms with Crippen LogP contribution in [0.3, 0.4) is 0 Å². The van der Waals surface area contributed by atoms with Crippen LogP contribution in [0.25, 0.3) is 0 Å². The smallest absolute Gasteiger partial charge is 0.279 e. The van der Waals surface area contributed by atoms with Crippen LogP contribution in [0.4, 0.5) is 0 Å². The Bertz CT molecular complexity index is 324. The minimum absolute atomic E-state index is 0.123. The van der Waals surface area contributed by atoms with E-state index in [0.29, 0.717) is 6.54 Å². The molecule has 0 aromatic heterocycles. The van der Waals surface area contributed by atoms with E-state index in [1.165, 1.54) is 4.31 Å². The summed E-state index contributed by atoms with van der Waals surface area (Å²) in [5, 5.41) is 3.02. The molecule has 1 rings (SSSR count). The minimum Gasteiger partial charge on any atom is -0.320 e. The number of rotatable bonds is 7. The second kappa shape index (κ2) is 7.43. The largest absolute Gasteiger partial charge is 0.320 e. The third kappa shape index (κ3) is 5.22. The minimum atomic E-state index is -3.30. The van der Waals surface area contributed by atoms with Crippen LogP contribution in [0.5, 0.6) is 0 Å². The van der Waals surface area contributed by atoms with Crippen molar-refractivity contribution >= 4 is 10.2 Å². The van der Waals surface area contributed by atoms with Gasteiger partial charge in [-0.3, -0.25) is 0 Å². The Hall–Kier alpha value is -0.170. The van der Waals surface area contributed by atoms with E-state index in [1.807, 2.05) is 7.05 Å². The van der Waals surface area contributed by atoms with E-state index in [-0.39, 0.29) is 6.04 Å². The molecule has 0 amide bonds. The maximum atomic E-state index is 12.1. The first kappa shape index (κ1) is 15.9. The molecule has 0 bridgehead atoms. The number of hydrogen-bond donors (Lipinski definition) is 2. The summed E-state index contributed by atoms with van der Waals surface area (Å²) in [5.41, 5.74) is 0. The fourth-order valence-electron chi connectivity index (χ4n) is 2.28. The Balaban J connectivity index is 2.38. The molecule has 0 saturated heterocycles. The molecule has 6 heteroatoms. The van der Waals surface area contributed by atoms with E-state index in [4.69, 9.17) is 0 Å². The molecule has 1 aliphatic carbocycles. The monoisotopic (exact) mass is 277 g/mol. The van der Waals surface area contributed by atoms with Gasteiger partial charge >= 0.3 is 0 Å². The van der Waals surface area contributed by atoms with Crippen LogP contribution in [0.2, 0.25) is 0 Å². The zero-order chi connectivity index (χ0) is 13.6. The molecule has 1 saturated carbocycles. The third-order valence-electron chi connectivity index (χ3n) is 3.64. The van der Waals surface area contributed by atoms with Crippen LogP contribution >= 0.6 is 0 Å². The van der Waals surface area contributed by atoms with Crippen LogP contribution in [-0.2, 0) is 10.2 Å². The predicted octanol–water partition coefficient (Wildman–Crippen LogP) is 0.941. The van der Waals surface area contributed by atoms with Crippen LogP contribution < -0.4 is 10.0 Å². The fraction of sp³-hybridized carbons (Fsp3) is 1.00. The highest BCUT2D eigenvalue weighted by atomic mass is 32.2. The molecular formula is C12H27N3O2S. The maximum absolute atomic E-state index is 12.1. The van der Waals surface area contributed by atoms with Crippen molar-refractivity contribution in [1.82, 2.24) is 14.3 Å². The zero-order valence-electron chi connectivity index (χ0n) is 11.8. The van der Waals surface area contributed by atoms with Crippen molar-refractivity contribution in [2.75, 3.05) is 27.2 Å². The lowest BCUT2D eigenvalue weighted by Gasteiger charge is -2.28. The van der Waals surface area contributed by atoms with Gasteiger partial charge < -0.3 is 5.32 Å². The van der Waals surface area contributed by atoms with Crippen molar-refractivity contribution in [3.8, 4) is 0 Å². The highest BCUT2D eigenvalue weighted by molar-refractivity contribution is 7.87. The summed E-state index contributed by atoms with van der Waals surface area (Å²) in [7, 11) is 0.211. The van der Waals surface area contributed by atoms with Crippen molar-refractivity contribution in [1.29, 1.82) is 0 Å². The van der Waals surface area contributed by atoms with E-state index in [0.717, 1.165) is 44.6 Å². The predicted molar refractivity (Wildman–Crippen MR) is 74.6 cm³/mol. The average molecular weight is 277 g/mol. The summed E-state index contributed by atoms with van der Waals surface area (Å²) in [5.74, 6) is 0.735. The first-order valence-corrected chi connectivity index (χ1v) is 8.28. The van der Waals surface area contributed by atoms with Crippen LogP contribution in [0.15, 0.2) is 0 Å². The van der Waals surface area contributed by atoms with E-state index in [9.17, 15) is 8.42 Å². The zero-order valence-corrected chi connectivity index (χ0v) is 12.6. The topological polar surface area (TPSA) is 61.4 Å². The summed E-state index contributed by atoms with van der Waals surface area (Å²) in [6.45, 7) is 3.62. The van der Waals surface area contributed by atoms with Gasteiger partial charge in [0.15, 0.2) is 0 Å².